The highest BCUT2D eigenvalue weighted by atomic mass is 19.1. The lowest BCUT2D eigenvalue weighted by Gasteiger charge is -2.31. The lowest BCUT2D eigenvalue weighted by Crippen LogP contribution is -2.46. The Balaban J connectivity index is 1.66. The van der Waals surface area contributed by atoms with E-state index in [-0.39, 0.29) is 30.5 Å². The number of halogens is 2. The SMILES string of the molecule is O=C(CN1CCCCCCC1=O)NCC1(c2c(F)cccc2F)CCCC1. The highest BCUT2D eigenvalue weighted by molar-refractivity contribution is 5.84. The number of likely N-dealkylation sites (tertiary alicyclic amines) is 1. The fourth-order valence-corrected chi connectivity index (χ4v) is 4.45. The third-order valence-corrected chi connectivity index (χ3v) is 5.93. The fourth-order valence-electron chi connectivity index (χ4n) is 4.45. The van der Waals surface area contributed by atoms with Gasteiger partial charge in [0.25, 0.3) is 0 Å². The molecule has 0 bridgehead atoms. The van der Waals surface area contributed by atoms with E-state index in [1.165, 1.54) is 18.2 Å². The van der Waals surface area contributed by atoms with Crippen molar-refractivity contribution < 1.29 is 18.4 Å². The molecule has 4 nitrogen and oxygen atoms in total. The van der Waals surface area contributed by atoms with Gasteiger partial charge in [-0.05, 0) is 37.8 Å². The molecule has 1 saturated carbocycles. The van der Waals surface area contributed by atoms with E-state index in [1.54, 1.807) is 4.90 Å². The largest absolute Gasteiger partial charge is 0.354 e. The van der Waals surface area contributed by atoms with Crippen molar-refractivity contribution in [2.45, 2.75) is 63.2 Å². The Kier molecular flexibility index (Phi) is 6.45. The second kappa shape index (κ2) is 8.81. The van der Waals surface area contributed by atoms with E-state index in [9.17, 15) is 18.4 Å². The predicted octanol–water partition coefficient (Wildman–Crippen LogP) is 3.69. The molecule has 6 heteroatoms. The number of nitrogens with zero attached hydrogens (tertiary/aromatic N) is 1. The van der Waals surface area contributed by atoms with Gasteiger partial charge in [0.15, 0.2) is 0 Å². The van der Waals surface area contributed by atoms with Crippen molar-refractivity contribution in [1.29, 1.82) is 0 Å². The van der Waals surface area contributed by atoms with Crippen molar-refractivity contribution in [2.24, 2.45) is 0 Å². The van der Waals surface area contributed by atoms with Gasteiger partial charge in [-0.1, -0.05) is 31.7 Å². The van der Waals surface area contributed by atoms with Gasteiger partial charge in [0.1, 0.15) is 11.6 Å². The van der Waals surface area contributed by atoms with Crippen molar-refractivity contribution >= 4 is 11.8 Å². The Morgan fingerprint density at radius 1 is 1.04 bits per heavy atom. The summed E-state index contributed by atoms with van der Waals surface area (Å²) in [6.07, 6.45) is 7.45. The summed E-state index contributed by atoms with van der Waals surface area (Å²) in [7, 11) is 0. The number of hydrogen-bond donors (Lipinski definition) is 1. The first-order valence-corrected chi connectivity index (χ1v) is 10.0. The molecule has 1 aromatic rings. The molecule has 1 N–H and O–H groups in total. The van der Waals surface area contributed by atoms with Crippen molar-refractivity contribution in [3.63, 3.8) is 0 Å². The molecule has 3 rings (SSSR count). The molecule has 2 aliphatic rings. The van der Waals surface area contributed by atoms with Crippen LogP contribution < -0.4 is 5.32 Å². The molecular formula is C21H28F2N2O2. The van der Waals surface area contributed by atoms with Crippen LogP contribution in [0.5, 0.6) is 0 Å². The van der Waals surface area contributed by atoms with Crippen LogP contribution >= 0.6 is 0 Å². The van der Waals surface area contributed by atoms with Gasteiger partial charge in [-0.25, -0.2) is 8.78 Å². The zero-order chi connectivity index (χ0) is 19.3. The van der Waals surface area contributed by atoms with Gasteiger partial charge in [0.05, 0.1) is 6.54 Å². The van der Waals surface area contributed by atoms with Crippen molar-refractivity contribution in [2.75, 3.05) is 19.6 Å². The van der Waals surface area contributed by atoms with Crippen LogP contribution in [0.1, 0.15) is 63.4 Å². The predicted molar refractivity (Wildman–Crippen MR) is 99.2 cm³/mol. The van der Waals surface area contributed by atoms with Crippen molar-refractivity contribution in [3.05, 3.63) is 35.4 Å². The number of carbonyl (C=O) groups is 2. The molecule has 2 fully saturated rings. The number of rotatable bonds is 5. The minimum Gasteiger partial charge on any atom is -0.354 e. The zero-order valence-electron chi connectivity index (χ0n) is 15.7. The molecule has 1 aromatic carbocycles. The fraction of sp³-hybridized carbons (Fsp3) is 0.619. The Labute approximate surface area is 159 Å². The minimum atomic E-state index is -0.703. The average Bonchev–Trinajstić information content (AvgIpc) is 3.09. The van der Waals surface area contributed by atoms with Crippen LogP contribution in [0, 0.1) is 11.6 Å². The number of hydrogen-bond acceptors (Lipinski definition) is 2. The molecule has 0 atom stereocenters. The third-order valence-electron chi connectivity index (χ3n) is 5.93. The summed E-state index contributed by atoms with van der Waals surface area (Å²) in [6.45, 7) is 0.819. The number of carbonyl (C=O) groups excluding carboxylic acids is 2. The molecule has 0 unspecified atom stereocenters. The van der Waals surface area contributed by atoms with E-state index in [0.29, 0.717) is 25.8 Å². The van der Waals surface area contributed by atoms with Crippen molar-refractivity contribution in [1.82, 2.24) is 10.2 Å². The Morgan fingerprint density at radius 3 is 2.41 bits per heavy atom. The highest BCUT2D eigenvalue weighted by Crippen LogP contribution is 2.42. The molecule has 1 aliphatic heterocycles. The lowest BCUT2D eigenvalue weighted by molar-refractivity contribution is -0.136. The molecule has 2 amide bonds. The monoisotopic (exact) mass is 378 g/mol. The first-order valence-electron chi connectivity index (χ1n) is 10.0. The van der Waals surface area contributed by atoms with Crippen LogP contribution in [0.2, 0.25) is 0 Å². The summed E-state index contributed by atoms with van der Waals surface area (Å²) in [5, 5.41) is 2.86. The van der Waals surface area contributed by atoms with E-state index in [4.69, 9.17) is 0 Å². The van der Waals surface area contributed by atoms with Gasteiger partial charge in [-0.15, -0.1) is 0 Å². The minimum absolute atomic E-state index is 0.0144. The van der Waals surface area contributed by atoms with Crippen LogP contribution in [0.25, 0.3) is 0 Å². The quantitative estimate of drug-likeness (QED) is 0.850. The summed E-state index contributed by atoms with van der Waals surface area (Å²) in [5.41, 5.74) is -0.615. The van der Waals surface area contributed by atoms with Gasteiger partial charge >= 0.3 is 0 Å². The van der Waals surface area contributed by atoms with Gasteiger partial charge in [-0.3, -0.25) is 9.59 Å². The normalized spacial score (nSPS) is 20.2. The topological polar surface area (TPSA) is 49.4 Å². The summed E-state index contributed by atoms with van der Waals surface area (Å²) >= 11 is 0. The highest BCUT2D eigenvalue weighted by Gasteiger charge is 2.40. The Morgan fingerprint density at radius 2 is 1.70 bits per heavy atom. The van der Waals surface area contributed by atoms with E-state index >= 15 is 0 Å². The van der Waals surface area contributed by atoms with Gasteiger partial charge in [0, 0.05) is 30.5 Å². The molecule has 0 aromatic heterocycles. The van der Waals surface area contributed by atoms with Crippen LogP contribution in [-0.4, -0.2) is 36.3 Å². The molecule has 27 heavy (non-hydrogen) atoms. The van der Waals surface area contributed by atoms with Crippen LogP contribution in [-0.2, 0) is 15.0 Å². The lowest BCUT2D eigenvalue weighted by atomic mass is 9.78. The number of amides is 2. The summed E-state index contributed by atoms with van der Waals surface area (Å²) in [4.78, 5) is 26.3. The van der Waals surface area contributed by atoms with Crippen LogP contribution in [0.4, 0.5) is 8.78 Å². The molecule has 1 saturated heterocycles. The first kappa shape index (κ1) is 19.8. The van der Waals surface area contributed by atoms with Crippen LogP contribution in [0.3, 0.4) is 0 Å². The maximum absolute atomic E-state index is 14.4. The summed E-state index contributed by atoms with van der Waals surface area (Å²) in [6, 6.07) is 3.92. The van der Waals surface area contributed by atoms with Gasteiger partial charge in [0.2, 0.25) is 11.8 Å². The standard InChI is InChI=1S/C21H28F2N2O2/c22-16-8-7-9-17(23)20(16)21(11-4-5-12-21)15-24-18(26)14-25-13-6-2-1-3-10-19(25)27/h7-9H,1-6,10-15H2,(H,24,26). The summed E-state index contributed by atoms with van der Waals surface area (Å²) < 4.78 is 28.7. The maximum Gasteiger partial charge on any atom is 0.239 e. The van der Waals surface area contributed by atoms with E-state index in [0.717, 1.165) is 38.5 Å². The maximum atomic E-state index is 14.4. The molecule has 0 radical (unpaired) electrons. The molecular weight excluding hydrogens is 350 g/mol. The van der Waals surface area contributed by atoms with E-state index < -0.39 is 17.0 Å². The van der Waals surface area contributed by atoms with Gasteiger partial charge in [-0.2, -0.15) is 0 Å². The number of nitrogens with one attached hydrogen (secondary N) is 1. The Hall–Kier alpha value is -1.98. The average molecular weight is 378 g/mol. The molecule has 1 aliphatic carbocycles. The molecule has 148 valence electrons. The molecule has 1 heterocycles. The van der Waals surface area contributed by atoms with E-state index in [1.807, 2.05) is 0 Å². The smallest absolute Gasteiger partial charge is 0.239 e. The van der Waals surface area contributed by atoms with E-state index in [2.05, 4.69) is 5.32 Å². The second-order valence-electron chi connectivity index (χ2n) is 7.84. The third kappa shape index (κ3) is 4.66. The van der Waals surface area contributed by atoms with Crippen LogP contribution in [0.15, 0.2) is 18.2 Å². The van der Waals surface area contributed by atoms with Gasteiger partial charge < -0.3 is 10.2 Å². The zero-order valence-corrected chi connectivity index (χ0v) is 15.7. The number of benzene rings is 1. The second-order valence-corrected chi connectivity index (χ2v) is 7.84. The van der Waals surface area contributed by atoms with Crippen molar-refractivity contribution in [3.8, 4) is 0 Å². The Bertz CT molecular complexity index is 667. The summed E-state index contributed by atoms with van der Waals surface area (Å²) in [5.74, 6) is -1.34. The molecule has 0 spiro atoms. The first-order chi connectivity index (χ1) is 13.0.